The summed E-state index contributed by atoms with van der Waals surface area (Å²) < 4.78 is 0. The molecular formula is C8H12N4O2. The second-order valence-corrected chi connectivity index (χ2v) is 2.87. The van der Waals surface area contributed by atoms with E-state index in [1.807, 2.05) is 18.9 Å². The minimum absolute atomic E-state index is 0.139. The van der Waals surface area contributed by atoms with Gasteiger partial charge in [0.15, 0.2) is 0 Å². The van der Waals surface area contributed by atoms with Crippen molar-refractivity contribution in [1.82, 2.24) is 4.98 Å². The van der Waals surface area contributed by atoms with Crippen molar-refractivity contribution < 1.29 is 4.92 Å². The molecule has 6 heteroatoms. The maximum absolute atomic E-state index is 10.4. The van der Waals surface area contributed by atoms with E-state index in [0.29, 0.717) is 5.82 Å². The predicted molar refractivity (Wildman–Crippen MR) is 54.2 cm³/mol. The third kappa shape index (κ3) is 1.90. The maximum Gasteiger partial charge on any atom is 0.310 e. The molecule has 1 heterocycles. The Morgan fingerprint density at radius 1 is 1.71 bits per heavy atom. The lowest BCUT2D eigenvalue weighted by Crippen LogP contribution is -2.17. The number of aromatic nitrogens is 1. The van der Waals surface area contributed by atoms with Crippen molar-refractivity contribution in [1.29, 1.82) is 0 Å². The summed E-state index contributed by atoms with van der Waals surface area (Å²) in [5.74, 6) is 0.635. The molecule has 0 saturated heterocycles. The van der Waals surface area contributed by atoms with Crippen molar-refractivity contribution in [2.75, 3.05) is 24.2 Å². The van der Waals surface area contributed by atoms with Crippen LogP contribution in [-0.2, 0) is 0 Å². The topological polar surface area (TPSA) is 85.3 Å². The molecule has 0 unspecified atom stereocenters. The van der Waals surface area contributed by atoms with Gasteiger partial charge >= 0.3 is 5.69 Å². The zero-order valence-electron chi connectivity index (χ0n) is 8.10. The summed E-state index contributed by atoms with van der Waals surface area (Å²) in [5.41, 5.74) is 5.49. The quantitative estimate of drug-likeness (QED) is 0.576. The van der Waals surface area contributed by atoms with Gasteiger partial charge in [0.05, 0.1) is 4.92 Å². The summed E-state index contributed by atoms with van der Waals surface area (Å²) in [6.07, 6.45) is 1.18. The number of hydrogen-bond donors (Lipinski definition) is 1. The molecule has 14 heavy (non-hydrogen) atoms. The van der Waals surface area contributed by atoms with Crippen LogP contribution in [-0.4, -0.2) is 23.5 Å². The van der Waals surface area contributed by atoms with Gasteiger partial charge in [-0.15, -0.1) is 0 Å². The fourth-order valence-corrected chi connectivity index (χ4v) is 0.975. The summed E-state index contributed by atoms with van der Waals surface area (Å²) >= 11 is 0. The molecule has 0 aliphatic carbocycles. The van der Waals surface area contributed by atoms with E-state index >= 15 is 0 Å². The molecule has 0 aromatic carbocycles. The highest BCUT2D eigenvalue weighted by Gasteiger charge is 2.13. The Bertz CT molecular complexity index is 353. The van der Waals surface area contributed by atoms with Crippen LogP contribution in [0.3, 0.4) is 0 Å². The molecule has 6 nitrogen and oxygen atoms in total. The first-order valence-electron chi connectivity index (χ1n) is 4.17. The van der Waals surface area contributed by atoms with Gasteiger partial charge in [0, 0.05) is 19.7 Å². The van der Waals surface area contributed by atoms with E-state index in [-0.39, 0.29) is 11.4 Å². The van der Waals surface area contributed by atoms with Gasteiger partial charge < -0.3 is 10.6 Å². The van der Waals surface area contributed by atoms with Gasteiger partial charge in [0.2, 0.25) is 0 Å². The SMILES string of the molecule is CCN(C)c1cc(N)c([N+](=O)[O-])cn1. The van der Waals surface area contributed by atoms with Gasteiger partial charge in [-0.3, -0.25) is 10.1 Å². The third-order valence-electron chi connectivity index (χ3n) is 1.96. The molecule has 0 atom stereocenters. The number of nitrogens with zero attached hydrogens (tertiary/aromatic N) is 3. The molecule has 0 aliphatic heterocycles. The van der Waals surface area contributed by atoms with Crippen molar-refractivity contribution in [2.45, 2.75) is 6.92 Å². The van der Waals surface area contributed by atoms with Gasteiger partial charge in [0.1, 0.15) is 17.7 Å². The maximum atomic E-state index is 10.4. The first kappa shape index (κ1) is 10.2. The van der Waals surface area contributed by atoms with E-state index < -0.39 is 4.92 Å². The smallest absolute Gasteiger partial charge is 0.310 e. The number of nitrogen functional groups attached to an aromatic ring is 1. The van der Waals surface area contributed by atoms with Gasteiger partial charge in [-0.2, -0.15) is 0 Å². The van der Waals surface area contributed by atoms with Crippen LogP contribution in [0.15, 0.2) is 12.3 Å². The zero-order valence-corrected chi connectivity index (χ0v) is 8.10. The van der Waals surface area contributed by atoms with Gasteiger partial charge in [-0.25, -0.2) is 4.98 Å². The second-order valence-electron chi connectivity index (χ2n) is 2.87. The number of hydrogen-bond acceptors (Lipinski definition) is 5. The van der Waals surface area contributed by atoms with Crippen LogP contribution in [0.1, 0.15) is 6.92 Å². The normalized spacial score (nSPS) is 9.86. The average Bonchev–Trinajstić information content (AvgIpc) is 2.15. The molecule has 1 aromatic heterocycles. The lowest BCUT2D eigenvalue weighted by Gasteiger charge is -2.15. The molecule has 0 saturated carbocycles. The lowest BCUT2D eigenvalue weighted by atomic mass is 10.3. The largest absolute Gasteiger partial charge is 0.393 e. The van der Waals surface area contributed by atoms with Crippen molar-refractivity contribution in [3.05, 3.63) is 22.4 Å². The van der Waals surface area contributed by atoms with E-state index in [1.165, 1.54) is 12.3 Å². The second kappa shape index (κ2) is 3.91. The molecular weight excluding hydrogens is 184 g/mol. The minimum Gasteiger partial charge on any atom is -0.393 e. The summed E-state index contributed by atoms with van der Waals surface area (Å²) in [6, 6.07) is 1.50. The van der Waals surface area contributed by atoms with Gasteiger partial charge in [0.25, 0.3) is 0 Å². The van der Waals surface area contributed by atoms with E-state index in [9.17, 15) is 10.1 Å². The molecule has 1 aromatic rings. The molecule has 0 amide bonds. The number of nitrogens with two attached hydrogens (primary N) is 1. The fourth-order valence-electron chi connectivity index (χ4n) is 0.975. The van der Waals surface area contributed by atoms with Crippen molar-refractivity contribution in [3.8, 4) is 0 Å². The molecule has 0 bridgehead atoms. The average molecular weight is 196 g/mol. The zero-order chi connectivity index (χ0) is 10.7. The summed E-state index contributed by atoms with van der Waals surface area (Å²) in [5, 5.41) is 10.4. The van der Waals surface area contributed by atoms with Crippen molar-refractivity contribution in [2.24, 2.45) is 0 Å². The van der Waals surface area contributed by atoms with Crippen LogP contribution in [0.5, 0.6) is 0 Å². The first-order chi connectivity index (χ1) is 6.56. The number of pyridine rings is 1. The Hall–Kier alpha value is -1.85. The highest BCUT2D eigenvalue weighted by atomic mass is 16.6. The van der Waals surface area contributed by atoms with E-state index in [1.54, 1.807) is 0 Å². The third-order valence-corrected chi connectivity index (χ3v) is 1.96. The molecule has 0 fully saturated rings. The lowest BCUT2D eigenvalue weighted by molar-refractivity contribution is -0.384. The van der Waals surface area contributed by atoms with Crippen LogP contribution in [0.2, 0.25) is 0 Å². The highest BCUT2D eigenvalue weighted by Crippen LogP contribution is 2.23. The van der Waals surface area contributed by atoms with E-state index in [4.69, 9.17) is 5.73 Å². The molecule has 0 radical (unpaired) electrons. The van der Waals surface area contributed by atoms with E-state index in [2.05, 4.69) is 4.98 Å². The Labute approximate surface area is 81.5 Å². The highest BCUT2D eigenvalue weighted by molar-refractivity contribution is 5.62. The van der Waals surface area contributed by atoms with Crippen LogP contribution in [0.4, 0.5) is 17.2 Å². The Balaban J connectivity index is 3.06. The number of rotatable bonds is 3. The number of anilines is 2. The Kier molecular flexibility index (Phi) is 2.85. The van der Waals surface area contributed by atoms with Crippen molar-refractivity contribution in [3.63, 3.8) is 0 Å². The molecule has 76 valence electrons. The summed E-state index contributed by atoms with van der Waals surface area (Å²) in [6.45, 7) is 2.73. The summed E-state index contributed by atoms with van der Waals surface area (Å²) in [4.78, 5) is 15.7. The molecule has 2 N–H and O–H groups in total. The predicted octanol–water partition coefficient (Wildman–Crippen LogP) is 1.03. The van der Waals surface area contributed by atoms with Crippen LogP contribution in [0, 0.1) is 10.1 Å². The summed E-state index contributed by atoms with van der Waals surface area (Å²) in [7, 11) is 1.84. The molecule has 1 rings (SSSR count). The van der Waals surface area contributed by atoms with Gasteiger partial charge in [-0.1, -0.05) is 0 Å². The minimum atomic E-state index is -0.544. The molecule has 0 aliphatic rings. The Morgan fingerprint density at radius 3 is 2.79 bits per heavy atom. The van der Waals surface area contributed by atoms with Crippen LogP contribution in [0.25, 0.3) is 0 Å². The first-order valence-corrected chi connectivity index (χ1v) is 4.17. The monoisotopic (exact) mass is 196 g/mol. The van der Waals surface area contributed by atoms with Crippen LogP contribution >= 0.6 is 0 Å². The van der Waals surface area contributed by atoms with Gasteiger partial charge in [-0.05, 0) is 6.92 Å². The van der Waals surface area contributed by atoms with E-state index in [0.717, 1.165) is 6.54 Å². The molecule has 0 spiro atoms. The standard InChI is InChI=1S/C8H12N4O2/c1-3-11(2)8-4-6(9)7(5-10-8)12(13)14/h4-5H,3H2,1-2H3,(H2,9,10). The Morgan fingerprint density at radius 2 is 2.36 bits per heavy atom. The van der Waals surface area contributed by atoms with Crippen LogP contribution < -0.4 is 10.6 Å². The number of nitro groups is 1. The fraction of sp³-hybridized carbons (Fsp3) is 0.375. The van der Waals surface area contributed by atoms with Crippen molar-refractivity contribution >= 4 is 17.2 Å².